The minimum absolute atomic E-state index is 0.527. The predicted molar refractivity (Wildman–Crippen MR) is 116 cm³/mol. The van der Waals surface area contributed by atoms with Gasteiger partial charge in [-0.1, -0.05) is 36.4 Å². The molecule has 0 bridgehead atoms. The number of rotatable bonds is 9. The molecule has 3 N–H and O–H groups in total. The van der Waals surface area contributed by atoms with Crippen molar-refractivity contribution < 1.29 is 9.47 Å². The van der Waals surface area contributed by atoms with Crippen molar-refractivity contribution in [2.24, 2.45) is 4.99 Å². The van der Waals surface area contributed by atoms with E-state index < -0.39 is 0 Å². The zero-order valence-corrected chi connectivity index (χ0v) is 16.8. The molecule has 0 atom stereocenters. The summed E-state index contributed by atoms with van der Waals surface area (Å²) in [5.74, 6) is 2.29. The standard InChI is InChI=1S/C22H27N5O2/c1-23-22(26-18-10-6-11-19(14-18)29-13-7-12-28-2)25-16-21-24-15-20(27-21)17-8-4-3-5-9-17/h3-6,8-11,14-15H,7,12-13,16H2,1-2H3,(H,24,27)(H2,23,25,26). The molecule has 3 aromatic rings. The molecule has 0 saturated heterocycles. The Morgan fingerprint density at radius 3 is 2.76 bits per heavy atom. The molecule has 0 fully saturated rings. The quantitative estimate of drug-likeness (QED) is 0.293. The fraction of sp³-hybridized carbons (Fsp3) is 0.273. The number of aromatic nitrogens is 2. The lowest BCUT2D eigenvalue weighted by atomic mass is 10.2. The molecule has 7 nitrogen and oxygen atoms in total. The lowest BCUT2D eigenvalue weighted by Gasteiger charge is -2.12. The first-order chi connectivity index (χ1) is 14.3. The van der Waals surface area contributed by atoms with E-state index in [0.717, 1.165) is 34.9 Å². The summed E-state index contributed by atoms with van der Waals surface area (Å²) in [4.78, 5) is 12.0. The number of methoxy groups -OCH3 is 1. The van der Waals surface area contributed by atoms with Crippen molar-refractivity contribution in [2.45, 2.75) is 13.0 Å². The van der Waals surface area contributed by atoms with Crippen molar-refractivity contribution in [3.05, 3.63) is 66.6 Å². The molecular formula is C22H27N5O2. The van der Waals surface area contributed by atoms with E-state index >= 15 is 0 Å². The number of hydrogen-bond donors (Lipinski definition) is 3. The van der Waals surface area contributed by atoms with Crippen LogP contribution in [-0.4, -0.2) is 43.3 Å². The van der Waals surface area contributed by atoms with Gasteiger partial charge in [0.25, 0.3) is 0 Å². The second-order valence-corrected chi connectivity index (χ2v) is 6.38. The Morgan fingerprint density at radius 2 is 1.97 bits per heavy atom. The van der Waals surface area contributed by atoms with Crippen molar-refractivity contribution in [3.8, 4) is 17.0 Å². The van der Waals surface area contributed by atoms with E-state index in [1.165, 1.54) is 0 Å². The molecule has 29 heavy (non-hydrogen) atoms. The summed E-state index contributed by atoms with van der Waals surface area (Å²) in [5.41, 5.74) is 2.99. The van der Waals surface area contributed by atoms with Gasteiger partial charge in [0.05, 0.1) is 25.0 Å². The van der Waals surface area contributed by atoms with Gasteiger partial charge in [-0.25, -0.2) is 4.98 Å². The molecule has 0 radical (unpaired) electrons. The van der Waals surface area contributed by atoms with Gasteiger partial charge in [-0.2, -0.15) is 0 Å². The Morgan fingerprint density at radius 1 is 1.10 bits per heavy atom. The third-order valence-corrected chi connectivity index (χ3v) is 4.22. The molecule has 0 aliphatic rings. The smallest absolute Gasteiger partial charge is 0.195 e. The fourth-order valence-electron chi connectivity index (χ4n) is 2.76. The van der Waals surface area contributed by atoms with Crippen LogP contribution in [0.15, 0.2) is 65.8 Å². The number of aromatic amines is 1. The highest BCUT2D eigenvalue weighted by Gasteiger charge is 2.05. The number of ether oxygens (including phenoxy) is 2. The minimum Gasteiger partial charge on any atom is -0.493 e. The Labute approximate surface area is 171 Å². The predicted octanol–water partition coefficient (Wildman–Crippen LogP) is 3.68. The summed E-state index contributed by atoms with van der Waals surface area (Å²) in [7, 11) is 3.42. The van der Waals surface area contributed by atoms with E-state index in [9.17, 15) is 0 Å². The van der Waals surface area contributed by atoms with Crippen molar-refractivity contribution in [2.75, 3.05) is 32.7 Å². The average Bonchev–Trinajstić information content (AvgIpc) is 3.24. The zero-order valence-electron chi connectivity index (χ0n) is 16.8. The Balaban J connectivity index is 1.53. The van der Waals surface area contributed by atoms with E-state index in [0.29, 0.717) is 25.7 Å². The van der Waals surface area contributed by atoms with Crippen molar-refractivity contribution in [1.82, 2.24) is 15.3 Å². The number of benzene rings is 2. The van der Waals surface area contributed by atoms with Gasteiger partial charge >= 0.3 is 0 Å². The van der Waals surface area contributed by atoms with Crippen LogP contribution in [0, 0.1) is 0 Å². The molecule has 0 aliphatic heterocycles. The summed E-state index contributed by atoms with van der Waals surface area (Å²) in [6.07, 6.45) is 2.69. The summed E-state index contributed by atoms with van der Waals surface area (Å²) in [6, 6.07) is 17.9. The number of nitrogens with zero attached hydrogens (tertiary/aromatic N) is 2. The first-order valence-electron chi connectivity index (χ1n) is 9.57. The third kappa shape index (κ3) is 6.36. The Hall–Kier alpha value is -3.32. The maximum absolute atomic E-state index is 5.74. The summed E-state index contributed by atoms with van der Waals surface area (Å²) in [6.45, 7) is 1.83. The molecule has 0 unspecified atom stereocenters. The topological polar surface area (TPSA) is 83.6 Å². The van der Waals surface area contributed by atoms with Gasteiger partial charge in [0.15, 0.2) is 5.96 Å². The van der Waals surface area contributed by atoms with E-state index in [2.05, 4.69) is 37.7 Å². The molecular weight excluding hydrogens is 366 g/mol. The molecule has 0 saturated carbocycles. The third-order valence-electron chi connectivity index (χ3n) is 4.22. The van der Waals surface area contributed by atoms with E-state index in [1.54, 1.807) is 14.2 Å². The highest BCUT2D eigenvalue weighted by atomic mass is 16.5. The zero-order chi connectivity index (χ0) is 20.3. The van der Waals surface area contributed by atoms with Gasteiger partial charge in [0, 0.05) is 38.9 Å². The van der Waals surface area contributed by atoms with Crippen LogP contribution < -0.4 is 15.4 Å². The SMILES string of the molecule is CN=C(NCc1ncc(-c2ccccc2)[nH]1)Nc1cccc(OCCCOC)c1. The maximum Gasteiger partial charge on any atom is 0.195 e. The van der Waals surface area contributed by atoms with Gasteiger partial charge in [0.1, 0.15) is 11.6 Å². The molecule has 0 spiro atoms. The van der Waals surface area contributed by atoms with Gasteiger partial charge in [-0.05, 0) is 17.7 Å². The molecule has 152 valence electrons. The molecule has 7 heteroatoms. The van der Waals surface area contributed by atoms with Crippen molar-refractivity contribution in [3.63, 3.8) is 0 Å². The van der Waals surface area contributed by atoms with E-state index in [-0.39, 0.29) is 0 Å². The van der Waals surface area contributed by atoms with Crippen molar-refractivity contribution in [1.29, 1.82) is 0 Å². The minimum atomic E-state index is 0.527. The van der Waals surface area contributed by atoms with E-state index in [4.69, 9.17) is 9.47 Å². The summed E-state index contributed by atoms with van der Waals surface area (Å²) < 4.78 is 10.8. The van der Waals surface area contributed by atoms with E-state index in [1.807, 2.05) is 48.7 Å². The largest absolute Gasteiger partial charge is 0.493 e. The first-order valence-corrected chi connectivity index (χ1v) is 9.57. The highest BCUT2D eigenvalue weighted by molar-refractivity contribution is 5.93. The van der Waals surface area contributed by atoms with Gasteiger partial charge in [0.2, 0.25) is 0 Å². The van der Waals surface area contributed by atoms with Crippen LogP contribution >= 0.6 is 0 Å². The van der Waals surface area contributed by atoms with Crippen molar-refractivity contribution >= 4 is 11.6 Å². The van der Waals surface area contributed by atoms with Gasteiger partial charge < -0.3 is 25.1 Å². The maximum atomic E-state index is 5.74. The fourth-order valence-corrected chi connectivity index (χ4v) is 2.76. The summed E-state index contributed by atoms with van der Waals surface area (Å²) in [5, 5.41) is 6.54. The summed E-state index contributed by atoms with van der Waals surface area (Å²) >= 11 is 0. The second-order valence-electron chi connectivity index (χ2n) is 6.38. The molecule has 2 aromatic carbocycles. The second kappa shape index (κ2) is 10.9. The van der Waals surface area contributed by atoms with Crippen LogP contribution in [0.2, 0.25) is 0 Å². The Bertz CT molecular complexity index is 908. The number of imidazole rings is 1. The molecule has 0 aliphatic carbocycles. The number of hydrogen-bond acceptors (Lipinski definition) is 4. The lowest BCUT2D eigenvalue weighted by molar-refractivity contribution is 0.172. The number of H-pyrrole nitrogens is 1. The number of guanidine groups is 1. The van der Waals surface area contributed by atoms with Gasteiger partial charge in [-0.15, -0.1) is 0 Å². The van der Waals surface area contributed by atoms with Crippen LogP contribution in [0.25, 0.3) is 11.3 Å². The monoisotopic (exact) mass is 393 g/mol. The molecule has 3 rings (SSSR count). The highest BCUT2D eigenvalue weighted by Crippen LogP contribution is 2.18. The normalized spacial score (nSPS) is 11.3. The Kier molecular flexibility index (Phi) is 7.65. The number of anilines is 1. The first kappa shape index (κ1) is 20.4. The van der Waals surface area contributed by atoms with Gasteiger partial charge in [-0.3, -0.25) is 4.99 Å². The number of aliphatic imine (C=N–C) groups is 1. The molecule has 1 aromatic heterocycles. The molecule has 1 heterocycles. The van der Waals surface area contributed by atoms with Crippen LogP contribution in [0.4, 0.5) is 5.69 Å². The van der Waals surface area contributed by atoms with Crippen LogP contribution in [0.3, 0.4) is 0 Å². The van der Waals surface area contributed by atoms with Crippen LogP contribution in [0.5, 0.6) is 5.75 Å². The molecule has 0 amide bonds. The van der Waals surface area contributed by atoms with Crippen LogP contribution in [-0.2, 0) is 11.3 Å². The van der Waals surface area contributed by atoms with Crippen LogP contribution in [0.1, 0.15) is 12.2 Å². The average molecular weight is 393 g/mol. The number of nitrogens with one attached hydrogen (secondary N) is 3. The lowest BCUT2D eigenvalue weighted by Crippen LogP contribution is -2.30.